The van der Waals surface area contributed by atoms with E-state index >= 15 is 0 Å². The van der Waals surface area contributed by atoms with Crippen LogP contribution in [-0.2, 0) is 11.3 Å². The van der Waals surface area contributed by atoms with E-state index in [1.807, 2.05) is 18.2 Å². The number of nitrogens with zero attached hydrogens (tertiary/aromatic N) is 1. The van der Waals surface area contributed by atoms with Gasteiger partial charge >= 0.3 is 0 Å². The molecule has 24 heavy (non-hydrogen) atoms. The van der Waals surface area contributed by atoms with Crippen LogP contribution < -0.4 is 9.47 Å². The first-order chi connectivity index (χ1) is 11.6. The van der Waals surface area contributed by atoms with Crippen molar-refractivity contribution >= 4 is 40.3 Å². The molecule has 1 saturated heterocycles. The van der Waals surface area contributed by atoms with Crippen LogP contribution in [0.2, 0.25) is 0 Å². The fourth-order valence-corrected chi connectivity index (χ4v) is 3.52. The molecule has 2 heterocycles. The zero-order chi connectivity index (χ0) is 17.1. The average molecular weight is 361 g/mol. The largest absolute Gasteiger partial charge is 0.497 e. The fourth-order valence-electron chi connectivity index (χ4n) is 2.27. The number of methoxy groups -OCH3 is 2. The lowest BCUT2D eigenvalue weighted by Crippen LogP contribution is -2.27. The quantitative estimate of drug-likeness (QED) is 0.598. The Labute approximate surface area is 149 Å². The van der Waals surface area contributed by atoms with E-state index in [4.69, 9.17) is 26.1 Å². The Kier molecular flexibility index (Phi) is 4.92. The molecule has 0 saturated carbocycles. The normalized spacial score (nSPS) is 16.1. The maximum atomic E-state index is 12.6. The van der Waals surface area contributed by atoms with Gasteiger partial charge in [0.15, 0.2) is 0 Å². The summed E-state index contributed by atoms with van der Waals surface area (Å²) in [5, 5.41) is 0. The van der Waals surface area contributed by atoms with E-state index in [0.717, 1.165) is 5.56 Å². The average Bonchev–Trinajstić information content (AvgIpc) is 3.19. The Balaban J connectivity index is 1.86. The van der Waals surface area contributed by atoms with Crippen molar-refractivity contribution in [2.24, 2.45) is 0 Å². The van der Waals surface area contributed by atoms with Gasteiger partial charge in [-0.05, 0) is 30.3 Å². The highest BCUT2D eigenvalue weighted by molar-refractivity contribution is 8.26. The number of rotatable bonds is 5. The van der Waals surface area contributed by atoms with Crippen molar-refractivity contribution in [1.82, 2.24) is 4.90 Å². The molecule has 1 amide bonds. The van der Waals surface area contributed by atoms with Gasteiger partial charge in [-0.15, -0.1) is 0 Å². The molecule has 2 aromatic rings. The summed E-state index contributed by atoms with van der Waals surface area (Å²) >= 11 is 6.59. The molecule has 0 spiro atoms. The van der Waals surface area contributed by atoms with Crippen molar-refractivity contribution in [3.8, 4) is 11.5 Å². The Bertz CT molecular complexity index is 799. The van der Waals surface area contributed by atoms with Gasteiger partial charge in [-0.25, -0.2) is 0 Å². The molecule has 124 valence electrons. The maximum Gasteiger partial charge on any atom is 0.266 e. The van der Waals surface area contributed by atoms with Gasteiger partial charge in [0.2, 0.25) is 0 Å². The molecule has 5 nitrogen and oxygen atoms in total. The molecule has 1 aromatic heterocycles. The number of thiocarbonyl (C=S) groups is 1. The Morgan fingerprint density at radius 2 is 2.12 bits per heavy atom. The minimum absolute atomic E-state index is 0.140. The minimum Gasteiger partial charge on any atom is -0.497 e. The number of benzene rings is 1. The van der Waals surface area contributed by atoms with Gasteiger partial charge in [-0.3, -0.25) is 9.69 Å². The summed E-state index contributed by atoms with van der Waals surface area (Å²) in [4.78, 5) is 14.7. The predicted octanol–water partition coefficient (Wildman–Crippen LogP) is 3.70. The molecule has 1 aliphatic heterocycles. The lowest BCUT2D eigenvalue weighted by Gasteiger charge is -2.12. The van der Waals surface area contributed by atoms with Crippen LogP contribution in [0.5, 0.6) is 11.5 Å². The Morgan fingerprint density at radius 1 is 1.29 bits per heavy atom. The molecule has 0 bridgehead atoms. The number of hydrogen-bond acceptors (Lipinski definition) is 6. The summed E-state index contributed by atoms with van der Waals surface area (Å²) in [6.07, 6.45) is 3.35. The van der Waals surface area contributed by atoms with Gasteiger partial charge < -0.3 is 13.9 Å². The summed E-state index contributed by atoms with van der Waals surface area (Å²) in [6.45, 7) is 0.328. The monoisotopic (exact) mass is 361 g/mol. The summed E-state index contributed by atoms with van der Waals surface area (Å²) in [5.41, 5.74) is 0.789. The van der Waals surface area contributed by atoms with Crippen molar-refractivity contribution in [2.45, 2.75) is 6.54 Å². The van der Waals surface area contributed by atoms with Crippen LogP contribution in [0, 0.1) is 0 Å². The van der Waals surface area contributed by atoms with Crippen molar-refractivity contribution in [2.75, 3.05) is 14.2 Å². The van der Waals surface area contributed by atoms with Crippen molar-refractivity contribution in [3.63, 3.8) is 0 Å². The van der Waals surface area contributed by atoms with Crippen molar-refractivity contribution < 1.29 is 18.7 Å². The predicted molar refractivity (Wildman–Crippen MR) is 97.0 cm³/mol. The first-order valence-corrected chi connectivity index (χ1v) is 8.34. The number of ether oxygens (including phenoxy) is 2. The first-order valence-electron chi connectivity index (χ1n) is 7.12. The molecule has 1 aliphatic rings. The molecular formula is C17H15NO4S2. The number of thioether (sulfide) groups is 1. The number of hydrogen-bond donors (Lipinski definition) is 0. The Morgan fingerprint density at radius 3 is 2.79 bits per heavy atom. The Hall–Kier alpha value is -2.25. The van der Waals surface area contributed by atoms with E-state index in [2.05, 4.69) is 0 Å². The number of furan rings is 1. The molecule has 7 heteroatoms. The van der Waals surface area contributed by atoms with E-state index in [1.165, 1.54) is 16.7 Å². The summed E-state index contributed by atoms with van der Waals surface area (Å²) in [7, 11) is 3.17. The zero-order valence-electron chi connectivity index (χ0n) is 13.1. The highest BCUT2D eigenvalue weighted by Crippen LogP contribution is 2.36. The van der Waals surface area contributed by atoms with Crippen LogP contribution in [0.15, 0.2) is 45.9 Å². The molecule has 0 atom stereocenters. The third-order valence-electron chi connectivity index (χ3n) is 3.49. The molecule has 3 rings (SSSR count). The van der Waals surface area contributed by atoms with Gasteiger partial charge in [0.05, 0.1) is 31.9 Å². The highest BCUT2D eigenvalue weighted by Gasteiger charge is 2.32. The number of carbonyl (C=O) groups is 1. The van der Waals surface area contributed by atoms with Crippen LogP contribution in [-0.4, -0.2) is 29.3 Å². The molecule has 0 N–H and O–H groups in total. The van der Waals surface area contributed by atoms with E-state index in [9.17, 15) is 4.79 Å². The first kappa shape index (κ1) is 16.6. The molecule has 1 fully saturated rings. The molecule has 0 unspecified atom stereocenters. The minimum atomic E-state index is -0.140. The lowest BCUT2D eigenvalue weighted by molar-refractivity contribution is -0.122. The molecular weight excluding hydrogens is 346 g/mol. The summed E-state index contributed by atoms with van der Waals surface area (Å²) in [5.74, 6) is 1.87. The van der Waals surface area contributed by atoms with Gasteiger partial charge in [0.25, 0.3) is 5.91 Å². The smallest absolute Gasteiger partial charge is 0.266 e. The van der Waals surface area contributed by atoms with Crippen LogP contribution >= 0.6 is 24.0 Å². The zero-order valence-corrected chi connectivity index (χ0v) is 14.8. The number of carbonyl (C=O) groups excluding carboxylic acids is 1. The summed E-state index contributed by atoms with van der Waals surface area (Å²) in [6, 6.07) is 9.03. The highest BCUT2D eigenvalue weighted by atomic mass is 32.2. The van der Waals surface area contributed by atoms with E-state index < -0.39 is 0 Å². The molecule has 0 radical (unpaired) electrons. The maximum absolute atomic E-state index is 12.6. The fraction of sp³-hybridized carbons (Fsp3) is 0.176. The summed E-state index contributed by atoms with van der Waals surface area (Å²) < 4.78 is 16.3. The SMILES string of the molecule is COc1ccc(/C=C2\SC(=S)N(Cc3ccco3)C2=O)c(OC)c1. The van der Waals surface area contributed by atoms with Gasteiger partial charge in [0, 0.05) is 11.6 Å². The van der Waals surface area contributed by atoms with Gasteiger partial charge in [0.1, 0.15) is 21.6 Å². The van der Waals surface area contributed by atoms with Crippen LogP contribution in [0.25, 0.3) is 6.08 Å². The van der Waals surface area contributed by atoms with E-state index in [0.29, 0.717) is 33.0 Å². The third kappa shape index (κ3) is 3.32. The second kappa shape index (κ2) is 7.11. The lowest BCUT2D eigenvalue weighted by atomic mass is 10.1. The second-order valence-corrected chi connectivity index (χ2v) is 6.63. The molecule has 1 aromatic carbocycles. The van der Waals surface area contributed by atoms with E-state index in [-0.39, 0.29) is 5.91 Å². The molecule has 0 aliphatic carbocycles. The second-order valence-electron chi connectivity index (χ2n) is 4.96. The topological polar surface area (TPSA) is 51.9 Å². The van der Waals surface area contributed by atoms with Crippen LogP contribution in [0.4, 0.5) is 0 Å². The van der Waals surface area contributed by atoms with Crippen LogP contribution in [0.1, 0.15) is 11.3 Å². The van der Waals surface area contributed by atoms with Gasteiger partial charge in [-0.2, -0.15) is 0 Å². The third-order valence-corrected chi connectivity index (χ3v) is 4.87. The van der Waals surface area contributed by atoms with E-state index in [1.54, 1.807) is 38.7 Å². The standard InChI is InChI=1S/C17H15NO4S2/c1-20-12-6-5-11(14(9-12)21-2)8-15-16(19)18(17(23)24-15)10-13-4-3-7-22-13/h3-9H,10H2,1-2H3/b15-8-. The number of amides is 1. The van der Waals surface area contributed by atoms with Crippen LogP contribution in [0.3, 0.4) is 0 Å². The van der Waals surface area contributed by atoms with Crippen molar-refractivity contribution in [3.05, 3.63) is 52.8 Å². The van der Waals surface area contributed by atoms with Crippen molar-refractivity contribution in [1.29, 1.82) is 0 Å². The van der Waals surface area contributed by atoms with Gasteiger partial charge in [-0.1, -0.05) is 24.0 Å².